The van der Waals surface area contributed by atoms with Crippen LogP contribution in [0.25, 0.3) is 0 Å². The van der Waals surface area contributed by atoms with Gasteiger partial charge in [-0.2, -0.15) is 0 Å². The maximum absolute atomic E-state index is 11.8. The average Bonchev–Trinajstić information content (AvgIpc) is 2.32. The molecule has 0 bridgehead atoms. The van der Waals surface area contributed by atoms with Crippen LogP contribution in [0.3, 0.4) is 0 Å². The van der Waals surface area contributed by atoms with Gasteiger partial charge in [0.25, 0.3) is 5.91 Å². The molecule has 3 N–H and O–H groups in total. The summed E-state index contributed by atoms with van der Waals surface area (Å²) in [5.41, 5.74) is 0.761. The van der Waals surface area contributed by atoms with E-state index in [1.807, 2.05) is 0 Å². The summed E-state index contributed by atoms with van der Waals surface area (Å²) >= 11 is 0. The number of anilines is 1. The van der Waals surface area contributed by atoms with Crippen molar-refractivity contribution in [2.24, 2.45) is 0 Å². The van der Waals surface area contributed by atoms with Crippen molar-refractivity contribution < 1.29 is 15.0 Å². The van der Waals surface area contributed by atoms with Crippen molar-refractivity contribution >= 4 is 11.6 Å². The van der Waals surface area contributed by atoms with Crippen LogP contribution in [0.4, 0.5) is 5.69 Å². The Morgan fingerprint density at radius 3 is 2.24 bits per heavy atom. The lowest BCUT2D eigenvalue weighted by molar-refractivity contribution is 0.102. The second-order valence-corrected chi connectivity index (χ2v) is 3.52. The number of phenols is 2. The zero-order chi connectivity index (χ0) is 12.3. The molecule has 0 unspecified atom stereocenters. The number of amides is 1. The third kappa shape index (κ3) is 2.55. The summed E-state index contributed by atoms with van der Waals surface area (Å²) in [6.07, 6.45) is 0. The normalized spacial score (nSPS) is 9.88. The molecule has 0 radical (unpaired) electrons. The van der Waals surface area contributed by atoms with Gasteiger partial charge < -0.3 is 15.5 Å². The fraction of sp³-hybridized carbons (Fsp3) is 0. The minimum Gasteiger partial charge on any atom is -0.508 e. The number of rotatable bonds is 2. The van der Waals surface area contributed by atoms with Crippen molar-refractivity contribution in [1.82, 2.24) is 0 Å². The van der Waals surface area contributed by atoms with Gasteiger partial charge in [0, 0.05) is 5.69 Å². The number of carbonyl (C=O) groups is 1. The van der Waals surface area contributed by atoms with Gasteiger partial charge in [0.15, 0.2) is 0 Å². The molecule has 0 atom stereocenters. The van der Waals surface area contributed by atoms with E-state index in [0.717, 1.165) is 0 Å². The highest BCUT2D eigenvalue weighted by molar-refractivity contribution is 6.06. The van der Waals surface area contributed by atoms with Gasteiger partial charge in [-0.1, -0.05) is 12.1 Å². The number of carbonyl (C=O) groups excluding carboxylic acids is 1. The fourth-order valence-corrected chi connectivity index (χ4v) is 1.41. The van der Waals surface area contributed by atoms with E-state index >= 15 is 0 Å². The van der Waals surface area contributed by atoms with Crippen LogP contribution in [0.2, 0.25) is 0 Å². The summed E-state index contributed by atoms with van der Waals surface area (Å²) in [4.78, 5) is 11.8. The summed E-state index contributed by atoms with van der Waals surface area (Å²) in [6.45, 7) is 0. The Hall–Kier alpha value is -2.49. The quantitative estimate of drug-likeness (QED) is 0.692. The van der Waals surface area contributed by atoms with E-state index in [4.69, 9.17) is 5.11 Å². The van der Waals surface area contributed by atoms with E-state index in [1.165, 1.54) is 24.3 Å². The Labute approximate surface area is 98.2 Å². The van der Waals surface area contributed by atoms with Crippen molar-refractivity contribution in [2.75, 3.05) is 5.32 Å². The highest BCUT2D eigenvalue weighted by Gasteiger charge is 2.09. The van der Waals surface area contributed by atoms with Crippen molar-refractivity contribution in [3.63, 3.8) is 0 Å². The van der Waals surface area contributed by atoms with Crippen LogP contribution in [0.5, 0.6) is 11.5 Å². The molecule has 4 nitrogen and oxygen atoms in total. The molecule has 4 heteroatoms. The number of para-hydroxylation sites is 1. The first-order valence-corrected chi connectivity index (χ1v) is 5.05. The van der Waals surface area contributed by atoms with E-state index in [9.17, 15) is 9.90 Å². The Kier molecular flexibility index (Phi) is 2.96. The Bertz CT molecular complexity index is 535. The zero-order valence-electron chi connectivity index (χ0n) is 8.92. The largest absolute Gasteiger partial charge is 0.508 e. The maximum atomic E-state index is 11.8. The zero-order valence-corrected chi connectivity index (χ0v) is 8.92. The van der Waals surface area contributed by atoms with Gasteiger partial charge in [-0.25, -0.2) is 0 Å². The van der Waals surface area contributed by atoms with Gasteiger partial charge in [-0.3, -0.25) is 4.79 Å². The molecule has 0 heterocycles. The monoisotopic (exact) mass is 229 g/mol. The van der Waals surface area contributed by atoms with Gasteiger partial charge in [-0.05, 0) is 36.4 Å². The molecule has 0 saturated carbocycles. The van der Waals surface area contributed by atoms with Crippen molar-refractivity contribution in [2.45, 2.75) is 0 Å². The molecule has 0 saturated heterocycles. The summed E-state index contributed by atoms with van der Waals surface area (Å²) in [6, 6.07) is 12.4. The van der Waals surface area contributed by atoms with E-state index in [2.05, 4.69) is 5.32 Å². The minimum atomic E-state index is -0.395. The van der Waals surface area contributed by atoms with Crippen LogP contribution in [0, 0.1) is 0 Å². The van der Waals surface area contributed by atoms with Gasteiger partial charge in [0.1, 0.15) is 11.5 Å². The Morgan fingerprint density at radius 2 is 1.59 bits per heavy atom. The fourth-order valence-electron chi connectivity index (χ4n) is 1.41. The highest BCUT2D eigenvalue weighted by atomic mass is 16.3. The molecular weight excluding hydrogens is 218 g/mol. The molecule has 0 aliphatic rings. The molecule has 1 amide bonds. The number of hydrogen-bond donors (Lipinski definition) is 3. The van der Waals surface area contributed by atoms with E-state index < -0.39 is 5.91 Å². The van der Waals surface area contributed by atoms with Crippen molar-refractivity contribution in [3.8, 4) is 11.5 Å². The first kappa shape index (κ1) is 11.0. The predicted molar refractivity (Wildman–Crippen MR) is 64.2 cm³/mol. The molecule has 2 rings (SSSR count). The number of hydrogen-bond acceptors (Lipinski definition) is 3. The predicted octanol–water partition coefficient (Wildman–Crippen LogP) is 2.35. The molecule has 2 aromatic carbocycles. The first-order chi connectivity index (χ1) is 8.16. The standard InChI is InChI=1S/C13H11NO3/c15-10-7-5-9(6-8-10)14-13(17)11-3-1-2-4-12(11)16/h1-8,15-16H,(H,14,17). The highest BCUT2D eigenvalue weighted by Crippen LogP contribution is 2.19. The number of phenolic OH excluding ortho intramolecular Hbond substituents is 2. The van der Waals surface area contributed by atoms with Crippen LogP contribution in [-0.2, 0) is 0 Å². The Morgan fingerprint density at radius 1 is 0.941 bits per heavy atom. The molecule has 86 valence electrons. The van der Waals surface area contributed by atoms with Gasteiger partial charge in [0.2, 0.25) is 0 Å². The van der Waals surface area contributed by atoms with Crippen LogP contribution in [-0.4, -0.2) is 16.1 Å². The lowest BCUT2D eigenvalue weighted by atomic mass is 10.2. The van der Waals surface area contributed by atoms with E-state index in [1.54, 1.807) is 24.3 Å². The third-order valence-corrected chi connectivity index (χ3v) is 2.27. The van der Waals surface area contributed by atoms with Gasteiger partial charge in [0.05, 0.1) is 5.56 Å². The second kappa shape index (κ2) is 4.57. The molecule has 0 aromatic heterocycles. The molecule has 0 spiro atoms. The summed E-state index contributed by atoms with van der Waals surface area (Å²) in [5, 5.41) is 21.2. The van der Waals surface area contributed by atoms with Crippen molar-refractivity contribution in [3.05, 3.63) is 54.1 Å². The number of benzene rings is 2. The molecule has 17 heavy (non-hydrogen) atoms. The molecule has 0 fully saturated rings. The summed E-state index contributed by atoms with van der Waals surface area (Å²) < 4.78 is 0. The van der Waals surface area contributed by atoms with Gasteiger partial charge >= 0.3 is 0 Å². The van der Waals surface area contributed by atoms with Crippen molar-refractivity contribution in [1.29, 1.82) is 0 Å². The maximum Gasteiger partial charge on any atom is 0.259 e. The lowest BCUT2D eigenvalue weighted by Crippen LogP contribution is -2.11. The third-order valence-electron chi connectivity index (χ3n) is 2.27. The molecule has 0 aliphatic heterocycles. The molecular formula is C13H11NO3. The Balaban J connectivity index is 2.17. The average molecular weight is 229 g/mol. The van der Waals surface area contributed by atoms with Gasteiger partial charge in [-0.15, -0.1) is 0 Å². The minimum absolute atomic E-state index is 0.0659. The van der Waals surface area contributed by atoms with E-state index in [-0.39, 0.29) is 17.1 Å². The molecule has 2 aromatic rings. The lowest BCUT2D eigenvalue weighted by Gasteiger charge is -2.06. The molecule has 0 aliphatic carbocycles. The second-order valence-electron chi connectivity index (χ2n) is 3.52. The van der Waals surface area contributed by atoms with Crippen LogP contribution < -0.4 is 5.32 Å². The SMILES string of the molecule is O=C(Nc1ccc(O)cc1)c1ccccc1O. The van der Waals surface area contributed by atoms with E-state index in [0.29, 0.717) is 5.69 Å². The van der Waals surface area contributed by atoms with Crippen LogP contribution in [0.1, 0.15) is 10.4 Å². The summed E-state index contributed by atoms with van der Waals surface area (Å²) in [7, 11) is 0. The number of nitrogens with one attached hydrogen (secondary N) is 1. The summed E-state index contributed by atoms with van der Waals surface area (Å²) in [5.74, 6) is -0.330. The topological polar surface area (TPSA) is 69.6 Å². The first-order valence-electron chi connectivity index (χ1n) is 5.05. The number of aromatic hydroxyl groups is 2. The smallest absolute Gasteiger partial charge is 0.259 e. The van der Waals surface area contributed by atoms with Crippen LogP contribution in [0.15, 0.2) is 48.5 Å². The van der Waals surface area contributed by atoms with Crippen LogP contribution >= 0.6 is 0 Å².